The molecule has 0 bridgehead atoms. The first-order chi connectivity index (χ1) is 9.37. The molecular weight excluding hydrogens is 294 g/mol. The van der Waals surface area contributed by atoms with E-state index in [1.807, 2.05) is 19.9 Å². The summed E-state index contributed by atoms with van der Waals surface area (Å²) < 4.78 is 6.62. The number of aryl methyl sites for hydroxylation is 1. The summed E-state index contributed by atoms with van der Waals surface area (Å²) >= 11 is 0. The Bertz CT molecular complexity index is 747. The molecule has 1 amide bonds. The lowest BCUT2D eigenvalue weighted by molar-refractivity contribution is -0.119. The fourth-order valence-corrected chi connectivity index (χ4v) is 2.48. The lowest BCUT2D eigenvalue weighted by Crippen LogP contribution is -2.59. The van der Waals surface area contributed by atoms with Crippen molar-refractivity contribution in [1.29, 1.82) is 0 Å². The van der Waals surface area contributed by atoms with Gasteiger partial charge in [0, 0.05) is 30.9 Å². The molecule has 1 aromatic carbocycles. The van der Waals surface area contributed by atoms with Crippen LogP contribution >= 0.6 is 12.4 Å². The van der Waals surface area contributed by atoms with E-state index in [0.29, 0.717) is 18.7 Å². The second-order valence-electron chi connectivity index (χ2n) is 5.80. The zero-order valence-electron chi connectivity index (χ0n) is 12.2. The van der Waals surface area contributed by atoms with Gasteiger partial charge in [0.1, 0.15) is 0 Å². The Kier molecular flexibility index (Phi) is 3.86. The molecule has 2 aromatic rings. The van der Waals surface area contributed by atoms with Crippen LogP contribution in [0.4, 0.5) is 5.69 Å². The number of halogens is 1. The maximum absolute atomic E-state index is 12.1. The summed E-state index contributed by atoms with van der Waals surface area (Å²) in [5.74, 6) is -0.383. The summed E-state index contributed by atoms with van der Waals surface area (Å²) in [4.78, 5) is 25.3. The molecule has 6 nitrogen and oxygen atoms in total. The Hall–Kier alpha value is -1.79. The van der Waals surface area contributed by atoms with Crippen LogP contribution in [-0.2, 0) is 11.8 Å². The van der Waals surface area contributed by atoms with Gasteiger partial charge in [-0.25, -0.2) is 4.79 Å². The average molecular weight is 312 g/mol. The largest absolute Gasteiger partial charge is 0.419 e. The predicted octanol–water partition coefficient (Wildman–Crippen LogP) is 1.27. The van der Waals surface area contributed by atoms with Crippen molar-refractivity contribution in [2.45, 2.75) is 19.4 Å². The highest BCUT2D eigenvalue weighted by Gasteiger charge is 2.31. The molecule has 1 aliphatic rings. The molecule has 0 spiro atoms. The maximum Gasteiger partial charge on any atom is 0.419 e. The minimum atomic E-state index is -0.399. The molecule has 0 aliphatic carbocycles. The maximum atomic E-state index is 12.1. The van der Waals surface area contributed by atoms with E-state index in [1.165, 1.54) is 4.57 Å². The van der Waals surface area contributed by atoms with Gasteiger partial charge in [0.25, 0.3) is 0 Å². The summed E-state index contributed by atoms with van der Waals surface area (Å²) in [5, 5.41) is 3.19. The van der Waals surface area contributed by atoms with E-state index in [0.717, 1.165) is 11.2 Å². The molecule has 1 aliphatic heterocycles. The summed E-state index contributed by atoms with van der Waals surface area (Å²) in [6.45, 7) is 4.99. The highest BCUT2D eigenvalue weighted by atomic mass is 35.5. The number of hydrogen-bond donors (Lipinski definition) is 1. The number of anilines is 1. The summed E-state index contributed by atoms with van der Waals surface area (Å²) in [7, 11) is 1.66. The van der Waals surface area contributed by atoms with Gasteiger partial charge in [-0.1, -0.05) is 0 Å². The zero-order chi connectivity index (χ0) is 14.5. The van der Waals surface area contributed by atoms with Gasteiger partial charge in [-0.2, -0.15) is 0 Å². The van der Waals surface area contributed by atoms with Crippen molar-refractivity contribution >= 4 is 35.1 Å². The average Bonchev–Trinajstić information content (AvgIpc) is 2.68. The molecule has 0 saturated carbocycles. The van der Waals surface area contributed by atoms with Crippen molar-refractivity contribution in [3.8, 4) is 0 Å². The standard InChI is InChI=1S/C14H17N3O3.ClH/c1-14(2)8-17(12(18)7-15-14)9-4-5-10-11(6-9)20-13(19)16(10)3;/h4-6,15H,7-8H2,1-3H3;1H. The van der Waals surface area contributed by atoms with Crippen LogP contribution in [0.2, 0.25) is 0 Å². The molecule has 0 atom stereocenters. The third-order valence-corrected chi connectivity index (χ3v) is 3.66. The van der Waals surface area contributed by atoms with Gasteiger partial charge < -0.3 is 14.6 Å². The number of piperazine rings is 1. The smallest absolute Gasteiger partial charge is 0.408 e. The monoisotopic (exact) mass is 311 g/mol. The number of rotatable bonds is 1. The Morgan fingerprint density at radius 1 is 1.29 bits per heavy atom. The molecule has 1 fully saturated rings. The highest BCUT2D eigenvalue weighted by molar-refractivity contribution is 5.97. The predicted molar refractivity (Wildman–Crippen MR) is 83.1 cm³/mol. The van der Waals surface area contributed by atoms with Crippen LogP contribution in [0.1, 0.15) is 13.8 Å². The summed E-state index contributed by atoms with van der Waals surface area (Å²) in [6.07, 6.45) is 0. The van der Waals surface area contributed by atoms with Gasteiger partial charge >= 0.3 is 5.76 Å². The fourth-order valence-electron chi connectivity index (χ4n) is 2.48. The van der Waals surface area contributed by atoms with Gasteiger partial charge in [-0.15, -0.1) is 12.4 Å². The summed E-state index contributed by atoms with van der Waals surface area (Å²) in [6, 6.07) is 5.39. The van der Waals surface area contributed by atoms with E-state index in [1.54, 1.807) is 24.1 Å². The third kappa shape index (κ3) is 2.69. The zero-order valence-corrected chi connectivity index (χ0v) is 13.0. The molecule has 0 unspecified atom stereocenters. The molecule has 21 heavy (non-hydrogen) atoms. The van der Waals surface area contributed by atoms with E-state index >= 15 is 0 Å². The Labute approximate surface area is 128 Å². The van der Waals surface area contributed by atoms with E-state index in [9.17, 15) is 9.59 Å². The molecule has 1 N–H and O–H groups in total. The number of carbonyl (C=O) groups is 1. The third-order valence-electron chi connectivity index (χ3n) is 3.66. The van der Waals surface area contributed by atoms with E-state index < -0.39 is 5.76 Å². The number of amides is 1. The lowest BCUT2D eigenvalue weighted by atomic mass is 10.0. The SMILES string of the molecule is Cl.Cn1c(=O)oc2cc(N3CC(C)(C)NCC3=O)ccc21. The normalized spacial score (nSPS) is 17.9. The molecule has 1 saturated heterocycles. The molecule has 114 valence electrons. The van der Waals surface area contributed by atoms with E-state index in [4.69, 9.17) is 4.42 Å². The summed E-state index contributed by atoms with van der Waals surface area (Å²) in [5.41, 5.74) is 1.84. The van der Waals surface area contributed by atoms with Gasteiger partial charge in [-0.3, -0.25) is 9.36 Å². The van der Waals surface area contributed by atoms with Gasteiger partial charge in [0.2, 0.25) is 5.91 Å². The van der Waals surface area contributed by atoms with Crippen molar-refractivity contribution in [1.82, 2.24) is 9.88 Å². The molecule has 0 radical (unpaired) electrons. The van der Waals surface area contributed by atoms with Crippen LogP contribution in [0, 0.1) is 0 Å². The van der Waals surface area contributed by atoms with Gasteiger partial charge in [-0.05, 0) is 26.0 Å². The topological polar surface area (TPSA) is 67.5 Å². The highest BCUT2D eigenvalue weighted by Crippen LogP contribution is 2.24. The quantitative estimate of drug-likeness (QED) is 0.861. The van der Waals surface area contributed by atoms with Crippen LogP contribution < -0.4 is 16.0 Å². The number of oxazole rings is 1. The number of fused-ring (bicyclic) bond motifs is 1. The molecule has 2 heterocycles. The first kappa shape index (κ1) is 15.6. The second-order valence-corrected chi connectivity index (χ2v) is 5.80. The van der Waals surface area contributed by atoms with Crippen LogP contribution in [-0.4, -0.2) is 29.1 Å². The van der Waals surface area contributed by atoms with Crippen molar-refractivity contribution in [2.24, 2.45) is 7.05 Å². The van der Waals surface area contributed by atoms with Crippen LogP contribution in [0.3, 0.4) is 0 Å². The lowest BCUT2D eigenvalue weighted by Gasteiger charge is -2.38. The number of aromatic nitrogens is 1. The Balaban J connectivity index is 0.00000161. The molecular formula is C14H18ClN3O3. The Morgan fingerprint density at radius 3 is 2.71 bits per heavy atom. The van der Waals surface area contributed by atoms with Crippen molar-refractivity contribution in [2.75, 3.05) is 18.0 Å². The van der Waals surface area contributed by atoms with E-state index in [-0.39, 0.29) is 23.9 Å². The number of carbonyl (C=O) groups excluding carboxylic acids is 1. The van der Waals surface area contributed by atoms with Gasteiger partial charge in [0.05, 0.1) is 12.1 Å². The van der Waals surface area contributed by atoms with E-state index in [2.05, 4.69) is 5.32 Å². The number of nitrogens with one attached hydrogen (secondary N) is 1. The fraction of sp³-hybridized carbons (Fsp3) is 0.429. The number of hydrogen-bond acceptors (Lipinski definition) is 4. The van der Waals surface area contributed by atoms with Crippen LogP contribution in [0.25, 0.3) is 11.1 Å². The molecule has 1 aromatic heterocycles. The van der Waals surface area contributed by atoms with Crippen molar-refractivity contribution < 1.29 is 9.21 Å². The molecule has 3 rings (SSSR count). The number of benzene rings is 1. The van der Waals surface area contributed by atoms with Gasteiger partial charge in [0.15, 0.2) is 5.58 Å². The van der Waals surface area contributed by atoms with Crippen LogP contribution in [0.15, 0.2) is 27.4 Å². The number of nitrogens with zero attached hydrogens (tertiary/aromatic N) is 2. The minimum absolute atomic E-state index is 0. The van der Waals surface area contributed by atoms with Crippen molar-refractivity contribution in [3.05, 3.63) is 28.7 Å². The second kappa shape index (κ2) is 5.20. The minimum Gasteiger partial charge on any atom is -0.408 e. The van der Waals surface area contributed by atoms with Crippen LogP contribution in [0.5, 0.6) is 0 Å². The first-order valence-electron chi connectivity index (χ1n) is 6.52. The van der Waals surface area contributed by atoms with Crippen molar-refractivity contribution in [3.63, 3.8) is 0 Å². The first-order valence-corrected chi connectivity index (χ1v) is 6.52. The Morgan fingerprint density at radius 2 is 2.00 bits per heavy atom. The molecule has 7 heteroatoms.